The molecule has 2 aromatic rings. The van der Waals surface area contributed by atoms with E-state index in [9.17, 15) is 9.59 Å². The molecule has 1 aromatic carbocycles. The molecular weight excluding hydrogens is 220 g/mol. The number of aromatic amines is 1. The van der Waals surface area contributed by atoms with Gasteiger partial charge in [-0.15, -0.1) is 0 Å². The summed E-state index contributed by atoms with van der Waals surface area (Å²) in [6, 6.07) is 8.77. The van der Waals surface area contributed by atoms with Crippen molar-refractivity contribution in [3.8, 4) is 11.3 Å². The van der Waals surface area contributed by atoms with Crippen LogP contribution in [0, 0.1) is 6.92 Å². The first-order valence-corrected chi connectivity index (χ1v) is 4.99. The minimum absolute atomic E-state index is 0.194. The maximum atomic E-state index is 11.6. The van der Waals surface area contributed by atoms with Crippen LogP contribution in [-0.4, -0.2) is 21.0 Å². The van der Waals surface area contributed by atoms with Crippen LogP contribution in [0.3, 0.4) is 0 Å². The van der Waals surface area contributed by atoms with Crippen molar-refractivity contribution in [1.82, 2.24) is 9.97 Å². The SMILES string of the molecule is Cc1nc(-c2ccccc2)c(C(=O)O)c(=O)[nH]1. The fraction of sp³-hybridized carbons (Fsp3) is 0.0833. The molecule has 0 spiro atoms. The second-order valence-electron chi connectivity index (χ2n) is 3.55. The maximum absolute atomic E-state index is 11.6. The molecule has 1 aromatic heterocycles. The van der Waals surface area contributed by atoms with E-state index in [1.807, 2.05) is 6.07 Å². The van der Waals surface area contributed by atoms with Crippen LogP contribution in [0.1, 0.15) is 16.2 Å². The van der Waals surface area contributed by atoms with Crippen LogP contribution < -0.4 is 5.56 Å². The molecule has 0 aliphatic heterocycles. The highest BCUT2D eigenvalue weighted by atomic mass is 16.4. The number of aromatic nitrogens is 2. The van der Waals surface area contributed by atoms with Crippen LogP contribution in [0.4, 0.5) is 0 Å². The molecule has 5 nitrogen and oxygen atoms in total. The Hall–Kier alpha value is -2.43. The van der Waals surface area contributed by atoms with Crippen LogP contribution in [0.5, 0.6) is 0 Å². The molecule has 5 heteroatoms. The fourth-order valence-electron chi connectivity index (χ4n) is 1.59. The highest BCUT2D eigenvalue weighted by Gasteiger charge is 2.18. The number of benzene rings is 1. The molecule has 2 rings (SSSR count). The minimum atomic E-state index is -1.28. The molecule has 1 heterocycles. The van der Waals surface area contributed by atoms with Gasteiger partial charge in [0.15, 0.2) is 5.56 Å². The Morgan fingerprint density at radius 2 is 1.94 bits per heavy atom. The van der Waals surface area contributed by atoms with E-state index in [0.29, 0.717) is 11.4 Å². The van der Waals surface area contributed by atoms with Crippen molar-refractivity contribution < 1.29 is 9.90 Å². The molecule has 86 valence electrons. The zero-order valence-electron chi connectivity index (χ0n) is 9.10. The number of H-pyrrole nitrogens is 1. The number of nitrogens with zero attached hydrogens (tertiary/aromatic N) is 1. The fourth-order valence-corrected chi connectivity index (χ4v) is 1.59. The largest absolute Gasteiger partial charge is 0.477 e. The molecular formula is C12H10N2O3. The molecule has 0 atom stereocenters. The summed E-state index contributed by atoms with van der Waals surface area (Å²) in [7, 11) is 0. The van der Waals surface area contributed by atoms with Crippen molar-refractivity contribution in [1.29, 1.82) is 0 Å². The zero-order valence-corrected chi connectivity index (χ0v) is 9.10. The summed E-state index contributed by atoms with van der Waals surface area (Å²) in [5.74, 6) is -0.892. The first-order chi connectivity index (χ1) is 8.09. The third kappa shape index (κ3) is 2.08. The summed E-state index contributed by atoms with van der Waals surface area (Å²) in [5.41, 5.74) is -0.163. The highest BCUT2D eigenvalue weighted by molar-refractivity contribution is 5.94. The lowest BCUT2D eigenvalue weighted by molar-refractivity contribution is 0.0695. The Labute approximate surface area is 96.8 Å². The van der Waals surface area contributed by atoms with Gasteiger partial charge >= 0.3 is 5.97 Å². The van der Waals surface area contributed by atoms with E-state index in [4.69, 9.17) is 5.11 Å². The second kappa shape index (κ2) is 4.21. The van der Waals surface area contributed by atoms with Gasteiger partial charge < -0.3 is 10.1 Å². The zero-order chi connectivity index (χ0) is 12.4. The van der Waals surface area contributed by atoms with Gasteiger partial charge in [0.25, 0.3) is 5.56 Å². The van der Waals surface area contributed by atoms with Crippen LogP contribution in [0.2, 0.25) is 0 Å². The third-order valence-electron chi connectivity index (χ3n) is 2.30. The lowest BCUT2D eigenvalue weighted by Gasteiger charge is -2.05. The Bertz CT molecular complexity index is 617. The molecule has 0 aliphatic rings. The Morgan fingerprint density at radius 3 is 2.53 bits per heavy atom. The predicted octanol–water partition coefficient (Wildman–Crippen LogP) is 1.44. The Kier molecular flexibility index (Phi) is 2.74. The van der Waals surface area contributed by atoms with Crippen molar-refractivity contribution in [2.24, 2.45) is 0 Å². The Balaban J connectivity index is 2.77. The lowest BCUT2D eigenvalue weighted by Crippen LogP contribution is -2.21. The molecule has 0 unspecified atom stereocenters. The molecule has 0 bridgehead atoms. The summed E-state index contributed by atoms with van der Waals surface area (Å²) in [4.78, 5) is 29.1. The molecule has 2 N–H and O–H groups in total. The molecule has 0 saturated heterocycles. The second-order valence-corrected chi connectivity index (χ2v) is 3.55. The van der Waals surface area contributed by atoms with E-state index < -0.39 is 11.5 Å². The maximum Gasteiger partial charge on any atom is 0.343 e. The van der Waals surface area contributed by atoms with Gasteiger partial charge in [-0.1, -0.05) is 30.3 Å². The number of rotatable bonds is 2. The average Bonchev–Trinajstić information content (AvgIpc) is 2.28. The molecule has 0 saturated carbocycles. The molecule has 0 radical (unpaired) electrons. The van der Waals surface area contributed by atoms with Crippen LogP contribution >= 0.6 is 0 Å². The number of aryl methyl sites for hydroxylation is 1. The number of carboxylic acids is 1. The summed E-state index contributed by atoms with van der Waals surface area (Å²) in [6.45, 7) is 1.61. The number of nitrogens with one attached hydrogen (secondary N) is 1. The molecule has 0 fully saturated rings. The van der Waals surface area contributed by atoms with Crippen molar-refractivity contribution in [3.63, 3.8) is 0 Å². The predicted molar refractivity (Wildman–Crippen MR) is 62.0 cm³/mol. The topological polar surface area (TPSA) is 83.0 Å². The smallest absolute Gasteiger partial charge is 0.343 e. The van der Waals surface area contributed by atoms with Gasteiger partial charge in [-0.05, 0) is 6.92 Å². The number of hydrogen-bond donors (Lipinski definition) is 2. The van der Waals surface area contributed by atoms with Gasteiger partial charge in [0.1, 0.15) is 5.82 Å². The van der Waals surface area contributed by atoms with E-state index in [1.165, 1.54) is 0 Å². The van der Waals surface area contributed by atoms with Crippen LogP contribution in [0.25, 0.3) is 11.3 Å². The quantitative estimate of drug-likeness (QED) is 0.817. The van der Waals surface area contributed by atoms with Crippen molar-refractivity contribution in [2.75, 3.05) is 0 Å². The first kappa shape index (κ1) is 11.1. The summed E-state index contributed by atoms with van der Waals surface area (Å²) in [5, 5.41) is 9.04. The molecule has 17 heavy (non-hydrogen) atoms. The van der Waals surface area contributed by atoms with E-state index in [1.54, 1.807) is 31.2 Å². The van der Waals surface area contributed by atoms with Gasteiger partial charge in [0.2, 0.25) is 0 Å². The first-order valence-electron chi connectivity index (χ1n) is 4.99. The van der Waals surface area contributed by atoms with Crippen molar-refractivity contribution >= 4 is 5.97 Å². The summed E-state index contributed by atoms with van der Waals surface area (Å²) in [6.07, 6.45) is 0. The highest BCUT2D eigenvalue weighted by Crippen LogP contribution is 2.18. The van der Waals surface area contributed by atoms with Crippen LogP contribution in [-0.2, 0) is 0 Å². The summed E-state index contributed by atoms with van der Waals surface area (Å²) < 4.78 is 0. The number of aromatic carboxylic acids is 1. The van der Waals surface area contributed by atoms with Gasteiger partial charge in [0.05, 0.1) is 5.69 Å². The minimum Gasteiger partial charge on any atom is -0.477 e. The van der Waals surface area contributed by atoms with E-state index in [2.05, 4.69) is 9.97 Å². The van der Waals surface area contributed by atoms with E-state index in [-0.39, 0.29) is 11.3 Å². The lowest BCUT2D eigenvalue weighted by atomic mass is 10.1. The molecule has 0 aliphatic carbocycles. The van der Waals surface area contributed by atoms with Gasteiger partial charge in [-0.3, -0.25) is 4.79 Å². The normalized spacial score (nSPS) is 10.2. The van der Waals surface area contributed by atoms with E-state index in [0.717, 1.165) is 0 Å². The van der Waals surface area contributed by atoms with Crippen LogP contribution in [0.15, 0.2) is 35.1 Å². The van der Waals surface area contributed by atoms with Crippen molar-refractivity contribution in [3.05, 3.63) is 52.1 Å². The monoisotopic (exact) mass is 230 g/mol. The molecule has 0 amide bonds. The van der Waals surface area contributed by atoms with Crippen molar-refractivity contribution in [2.45, 2.75) is 6.92 Å². The van der Waals surface area contributed by atoms with E-state index >= 15 is 0 Å². The number of hydrogen-bond acceptors (Lipinski definition) is 3. The number of carboxylic acid groups (broad SMARTS) is 1. The number of carbonyl (C=O) groups is 1. The third-order valence-corrected chi connectivity index (χ3v) is 2.30. The summed E-state index contributed by atoms with van der Waals surface area (Å²) >= 11 is 0. The van der Waals surface area contributed by atoms with Gasteiger partial charge in [-0.25, -0.2) is 9.78 Å². The average molecular weight is 230 g/mol. The van der Waals surface area contributed by atoms with Gasteiger partial charge in [-0.2, -0.15) is 0 Å². The Morgan fingerprint density at radius 1 is 1.29 bits per heavy atom. The van der Waals surface area contributed by atoms with Gasteiger partial charge in [0, 0.05) is 5.56 Å². The standard InChI is InChI=1S/C12H10N2O3/c1-7-13-10(8-5-3-2-4-6-8)9(12(16)17)11(15)14-7/h2-6H,1H3,(H,16,17)(H,13,14,15).